The minimum Gasteiger partial charge on any atom is -0.459 e. The van der Waals surface area contributed by atoms with Gasteiger partial charge in [0.25, 0.3) is 5.69 Å². The van der Waals surface area contributed by atoms with Crippen LogP contribution in [0.15, 0.2) is 30.3 Å². The van der Waals surface area contributed by atoms with Crippen molar-refractivity contribution < 1.29 is 27.6 Å². The number of esters is 1. The number of nitro groups is 1. The Hall–Kier alpha value is -3.10. The van der Waals surface area contributed by atoms with Gasteiger partial charge in [-0.1, -0.05) is 32.9 Å². The third-order valence-corrected chi connectivity index (χ3v) is 4.88. The van der Waals surface area contributed by atoms with E-state index >= 15 is 0 Å². The molecule has 9 heteroatoms. The maximum atomic E-state index is 12.8. The second-order valence-electron chi connectivity index (χ2n) is 8.34. The van der Waals surface area contributed by atoms with Gasteiger partial charge in [-0.3, -0.25) is 14.9 Å². The number of aryl methyl sites for hydroxylation is 2. The molecule has 0 saturated heterocycles. The van der Waals surface area contributed by atoms with Gasteiger partial charge in [0.1, 0.15) is 18.8 Å². The summed E-state index contributed by atoms with van der Waals surface area (Å²) in [4.78, 5) is 22.3. The smallest absolute Gasteiger partial charge is 0.416 e. The maximum Gasteiger partial charge on any atom is 0.416 e. The number of alkyl halides is 3. The Bertz CT molecular complexity index is 972. The van der Waals surface area contributed by atoms with Crippen molar-refractivity contribution in [3.63, 3.8) is 0 Å². The van der Waals surface area contributed by atoms with Crippen molar-refractivity contribution in [2.75, 3.05) is 11.9 Å². The van der Waals surface area contributed by atoms with Crippen LogP contribution in [0.1, 0.15) is 48.6 Å². The van der Waals surface area contributed by atoms with Gasteiger partial charge in [-0.2, -0.15) is 13.2 Å². The highest BCUT2D eigenvalue weighted by Gasteiger charge is 2.33. The van der Waals surface area contributed by atoms with Crippen LogP contribution >= 0.6 is 0 Å². The van der Waals surface area contributed by atoms with E-state index in [2.05, 4.69) is 26.1 Å². The maximum absolute atomic E-state index is 12.8. The van der Waals surface area contributed by atoms with Crippen LogP contribution in [-0.4, -0.2) is 17.4 Å². The van der Waals surface area contributed by atoms with Gasteiger partial charge in [0.05, 0.1) is 10.5 Å². The van der Waals surface area contributed by atoms with Crippen molar-refractivity contribution in [3.05, 3.63) is 68.3 Å². The summed E-state index contributed by atoms with van der Waals surface area (Å²) in [6, 6.07) is 6.15. The molecule has 0 atom stereocenters. The Morgan fingerprint density at radius 3 is 2.13 bits per heavy atom. The lowest BCUT2D eigenvalue weighted by Gasteiger charge is -2.22. The van der Waals surface area contributed by atoms with Crippen molar-refractivity contribution in [2.45, 2.75) is 52.8 Å². The lowest BCUT2D eigenvalue weighted by Crippen LogP contribution is -2.18. The Labute approximate surface area is 178 Å². The van der Waals surface area contributed by atoms with Crippen LogP contribution in [0.2, 0.25) is 0 Å². The molecular formula is C22H25F3N2O4. The Morgan fingerprint density at radius 1 is 1.06 bits per heavy atom. The van der Waals surface area contributed by atoms with Crippen molar-refractivity contribution >= 4 is 17.3 Å². The molecule has 0 fully saturated rings. The number of rotatable bonds is 6. The number of ether oxygens (including phenoxy) is 1. The van der Waals surface area contributed by atoms with Crippen molar-refractivity contribution in [1.29, 1.82) is 0 Å². The molecule has 0 aliphatic rings. The predicted octanol–water partition coefficient (Wildman–Crippen LogP) is 5.68. The number of nitro benzene ring substituents is 1. The summed E-state index contributed by atoms with van der Waals surface area (Å²) >= 11 is 0. The quantitative estimate of drug-likeness (QED) is 0.356. The zero-order chi connectivity index (χ0) is 23.6. The largest absolute Gasteiger partial charge is 0.459 e. The highest BCUT2D eigenvalue weighted by molar-refractivity contribution is 5.77. The van der Waals surface area contributed by atoms with E-state index in [1.807, 2.05) is 26.0 Å². The van der Waals surface area contributed by atoms with E-state index in [1.54, 1.807) is 0 Å². The van der Waals surface area contributed by atoms with Gasteiger partial charge in [0.15, 0.2) is 0 Å². The van der Waals surface area contributed by atoms with Gasteiger partial charge in [-0.25, -0.2) is 0 Å². The topological polar surface area (TPSA) is 81.5 Å². The molecule has 0 spiro atoms. The first-order valence-electron chi connectivity index (χ1n) is 9.56. The molecule has 0 amide bonds. The molecule has 0 aliphatic heterocycles. The van der Waals surface area contributed by atoms with E-state index in [4.69, 9.17) is 4.74 Å². The fourth-order valence-corrected chi connectivity index (χ4v) is 3.03. The molecule has 0 heterocycles. The summed E-state index contributed by atoms with van der Waals surface area (Å²) in [6.45, 7) is 9.76. The summed E-state index contributed by atoms with van der Waals surface area (Å²) in [5, 5.41) is 13.6. The molecule has 2 aromatic carbocycles. The third kappa shape index (κ3) is 6.19. The highest BCUT2D eigenvalue weighted by Crippen LogP contribution is 2.35. The number of anilines is 1. The molecule has 168 valence electrons. The zero-order valence-electron chi connectivity index (χ0n) is 18.0. The van der Waals surface area contributed by atoms with Crippen LogP contribution in [0.4, 0.5) is 24.5 Å². The number of benzene rings is 2. The second-order valence-corrected chi connectivity index (χ2v) is 8.34. The number of halogens is 3. The van der Waals surface area contributed by atoms with E-state index < -0.39 is 34.9 Å². The highest BCUT2D eigenvalue weighted by atomic mass is 19.4. The number of nitrogens with zero attached hydrogens (tertiary/aromatic N) is 1. The minimum atomic E-state index is -4.71. The molecule has 0 bridgehead atoms. The first kappa shape index (κ1) is 24.2. The summed E-state index contributed by atoms with van der Waals surface area (Å²) < 4.78 is 43.6. The molecule has 0 aliphatic carbocycles. The summed E-state index contributed by atoms with van der Waals surface area (Å²) in [6.07, 6.45) is -4.71. The number of carbonyl (C=O) groups is 1. The summed E-state index contributed by atoms with van der Waals surface area (Å²) in [7, 11) is 0. The molecule has 6 nitrogen and oxygen atoms in total. The fourth-order valence-electron chi connectivity index (χ4n) is 3.03. The molecule has 0 unspecified atom stereocenters. The fraction of sp³-hybridized carbons (Fsp3) is 0.409. The molecular weight excluding hydrogens is 413 g/mol. The van der Waals surface area contributed by atoms with Crippen LogP contribution in [0.25, 0.3) is 0 Å². The van der Waals surface area contributed by atoms with Crippen LogP contribution in [0.3, 0.4) is 0 Å². The van der Waals surface area contributed by atoms with E-state index in [0.29, 0.717) is 12.1 Å². The number of hydrogen-bond donors (Lipinski definition) is 1. The first-order valence-corrected chi connectivity index (χ1v) is 9.56. The molecule has 2 rings (SSSR count). The van der Waals surface area contributed by atoms with E-state index in [0.717, 1.165) is 28.3 Å². The monoisotopic (exact) mass is 438 g/mol. The van der Waals surface area contributed by atoms with Gasteiger partial charge in [0, 0.05) is 6.07 Å². The SMILES string of the molecule is Cc1cc(C(C)(C)C)cc(C)c1COC(=O)CNc1ccc(C(F)(F)F)cc1[N+](=O)[O-]. The summed E-state index contributed by atoms with van der Waals surface area (Å²) in [5.74, 6) is -0.687. The van der Waals surface area contributed by atoms with Crippen molar-refractivity contribution in [2.24, 2.45) is 0 Å². The van der Waals surface area contributed by atoms with Crippen LogP contribution in [0.5, 0.6) is 0 Å². The number of carbonyl (C=O) groups excluding carboxylic acids is 1. The predicted molar refractivity (Wildman–Crippen MR) is 111 cm³/mol. The summed E-state index contributed by atoms with van der Waals surface area (Å²) in [5.41, 5.74) is 1.84. The van der Waals surface area contributed by atoms with Gasteiger partial charge in [-0.15, -0.1) is 0 Å². The molecule has 1 N–H and O–H groups in total. The van der Waals surface area contributed by atoms with Crippen LogP contribution in [0, 0.1) is 24.0 Å². The lowest BCUT2D eigenvalue weighted by molar-refractivity contribution is -0.384. The molecule has 0 aromatic heterocycles. The minimum absolute atomic E-state index is 0.0228. The van der Waals surface area contributed by atoms with Gasteiger partial charge in [0.2, 0.25) is 0 Å². The first-order chi connectivity index (χ1) is 14.2. The van der Waals surface area contributed by atoms with E-state index in [9.17, 15) is 28.1 Å². The van der Waals surface area contributed by atoms with Crippen LogP contribution in [-0.2, 0) is 27.7 Å². The van der Waals surface area contributed by atoms with Crippen LogP contribution < -0.4 is 5.32 Å². The molecule has 2 aromatic rings. The molecule has 31 heavy (non-hydrogen) atoms. The Balaban J connectivity index is 2.06. The molecule has 0 saturated carbocycles. The Kier molecular flexibility index (Phi) is 6.98. The average molecular weight is 438 g/mol. The molecule has 0 radical (unpaired) electrons. The van der Waals surface area contributed by atoms with Crippen molar-refractivity contribution in [3.8, 4) is 0 Å². The number of hydrogen-bond acceptors (Lipinski definition) is 5. The van der Waals surface area contributed by atoms with Gasteiger partial charge < -0.3 is 10.1 Å². The average Bonchev–Trinajstić information content (AvgIpc) is 2.63. The van der Waals surface area contributed by atoms with Gasteiger partial charge >= 0.3 is 12.1 Å². The van der Waals surface area contributed by atoms with E-state index in [1.165, 1.54) is 0 Å². The van der Waals surface area contributed by atoms with Crippen molar-refractivity contribution in [1.82, 2.24) is 0 Å². The normalized spacial score (nSPS) is 11.9. The standard InChI is InChI=1S/C22H25F3N2O4/c1-13-8-16(21(3,4)5)9-14(2)17(13)12-31-20(28)11-26-18-7-6-15(22(23,24)25)10-19(18)27(29)30/h6-10,26H,11-12H2,1-5H3. The lowest BCUT2D eigenvalue weighted by atomic mass is 9.84. The van der Waals surface area contributed by atoms with Gasteiger partial charge in [-0.05, 0) is 53.6 Å². The second kappa shape index (κ2) is 8.95. The Morgan fingerprint density at radius 2 is 1.65 bits per heavy atom. The van der Waals surface area contributed by atoms with E-state index in [-0.39, 0.29) is 17.7 Å². The number of nitrogens with one attached hydrogen (secondary N) is 1. The third-order valence-electron chi connectivity index (χ3n) is 4.88. The zero-order valence-corrected chi connectivity index (χ0v) is 18.0.